The van der Waals surface area contributed by atoms with Crippen molar-refractivity contribution in [2.24, 2.45) is 5.92 Å². The maximum absolute atomic E-state index is 12.7. The molecule has 0 aromatic heterocycles. The predicted octanol–water partition coefficient (Wildman–Crippen LogP) is 3.63. The highest BCUT2D eigenvalue weighted by molar-refractivity contribution is 7.88. The number of carbonyl (C=O) groups is 1. The van der Waals surface area contributed by atoms with Gasteiger partial charge in [-0.1, -0.05) is 54.1 Å². The van der Waals surface area contributed by atoms with Crippen LogP contribution in [0.3, 0.4) is 0 Å². The lowest BCUT2D eigenvalue weighted by molar-refractivity contribution is -0.126. The third-order valence-electron chi connectivity index (χ3n) is 5.24. The van der Waals surface area contributed by atoms with E-state index < -0.39 is 10.0 Å². The minimum Gasteiger partial charge on any atom is -0.356 e. The number of rotatable bonds is 8. The van der Waals surface area contributed by atoms with Gasteiger partial charge in [0, 0.05) is 30.6 Å². The molecule has 1 fully saturated rings. The van der Waals surface area contributed by atoms with Crippen molar-refractivity contribution in [3.8, 4) is 0 Å². The molecular weight excluding hydrogens is 408 g/mol. The molecule has 0 bridgehead atoms. The van der Waals surface area contributed by atoms with E-state index in [2.05, 4.69) is 17.4 Å². The van der Waals surface area contributed by atoms with Crippen molar-refractivity contribution in [2.45, 2.75) is 31.4 Å². The van der Waals surface area contributed by atoms with Crippen LogP contribution in [0.1, 0.15) is 30.4 Å². The summed E-state index contributed by atoms with van der Waals surface area (Å²) in [5.41, 5.74) is 1.94. The number of aryl methyl sites for hydroxylation is 1. The molecule has 1 heterocycles. The molecule has 3 rings (SSSR count). The minimum absolute atomic E-state index is 0.0324. The van der Waals surface area contributed by atoms with Gasteiger partial charge < -0.3 is 5.32 Å². The zero-order chi connectivity index (χ0) is 20.7. The van der Waals surface area contributed by atoms with Crippen LogP contribution in [0.15, 0.2) is 54.6 Å². The Hall–Kier alpha value is -1.89. The Kier molecular flexibility index (Phi) is 7.70. The molecular formula is C22H27ClN2O3S. The van der Waals surface area contributed by atoms with Crippen molar-refractivity contribution >= 4 is 27.5 Å². The second-order valence-corrected chi connectivity index (χ2v) is 9.84. The van der Waals surface area contributed by atoms with Gasteiger partial charge in [0.1, 0.15) is 0 Å². The Balaban J connectivity index is 1.41. The van der Waals surface area contributed by atoms with Crippen LogP contribution in [0.5, 0.6) is 0 Å². The van der Waals surface area contributed by atoms with E-state index in [1.165, 1.54) is 9.87 Å². The highest BCUT2D eigenvalue weighted by atomic mass is 35.5. The van der Waals surface area contributed by atoms with Crippen molar-refractivity contribution in [3.05, 3.63) is 70.7 Å². The second kappa shape index (κ2) is 10.2. The number of amides is 1. The number of nitrogens with zero attached hydrogens (tertiary/aromatic N) is 1. The molecule has 0 atom stereocenters. The first kappa shape index (κ1) is 21.8. The fourth-order valence-corrected chi connectivity index (χ4v) is 5.38. The quantitative estimate of drug-likeness (QED) is 0.645. The number of hydrogen-bond acceptors (Lipinski definition) is 3. The van der Waals surface area contributed by atoms with E-state index in [9.17, 15) is 13.2 Å². The number of halogens is 1. The van der Waals surface area contributed by atoms with Crippen LogP contribution in [-0.4, -0.2) is 38.3 Å². The largest absolute Gasteiger partial charge is 0.356 e. The standard InChI is InChI=1S/C22H27ClN2O3S/c23-21-10-4-8-19(16-21)17-29(27,28)25-14-11-20(12-15-25)22(26)24-13-5-9-18-6-2-1-3-7-18/h1-4,6-8,10,16,20H,5,9,11-15,17H2,(H,24,26). The van der Waals surface area contributed by atoms with Gasteiger partial charge in [-0.05, 0) is 48.9 Å². The molecule has 1 N–H and O–H groups in total. The maximum Gasteiger partial charge on any atom is 0.223 e. The van der Waals surface area contributed by atoms with Gasteiger partial charge in [-0.3, -0.25) is 4.79 Å². The highest BCUT2D eigenvalue weighted by Crippen LogP contribution is 2.22. The van der Waals surface area contributed by atoms with Crippen LogP contribution in [0.25, 0.3) is 0 Å². The number of carbonyl (C=O) groups excluding carboxylic acids is 1. The summed E-state index contributed by atoms with van der Waals surface area (Å²) < 4.78 is 26.8. The van der Waals surface area contributed by atoms with Gasteiger partial charge in [0.05, 0.1) is 5.75 Å². The maximum atomic E-state index is 12.7. The molecule has 1 amide bonds. The summed E-state index contributed by atoms with van der Waals surface area (Å²) in [7, 11) is -3.41. The third-order valence-corrected chi connectivity index (χ3v) is 7.33. The monoisotopic (exact) mass is 434 g/mol. The Bertz CT molecular complexity index is 911. The molecule has 5 nitrogen and oxygen atoms in total. The fraction of sp³-hybridized carbons (Fsp3) is 0.409. The van der Waals surface area contributed by atoms with Gasteiger partial charge in [-0.25, -0.2) is 12.7 Å². The van der Waals surface area contributed by atoms with Gasteiger partial charge in [-0.15, -0.1) is 0 Å². The lowest BCUT2D eigenvalue weighted by Crippen LogP contribution is -2.43. The molecule has 2 aromatic carbocycles. The highest BCUT2D eigenvalue weighted by Gasteiger charge is 2.31. The van der Waals surface area contributed by atoms with E-state index in [0.717, 1.165) is 12.8 Å². The topological polar surface area (TPSA) is 66.5 Å². The Morgan fingerprint density at radius 1 is 1.03 bits per heavy atom. The number of nitrogens with one attached hydrogen (secondary N) is 1. The van der Waals surface area contributed by atoms with Crippen LogP contribution in [0.2, 0.25) is 5.02 Å². The van der Waals surface area contributed by atoms with E-state index in [0.29, 0.717) is 43.1 Å². The molecule has 7 heteroatoms. The summed E-state index contributed by atoms with van der Waals surface area (Å²) in [6.07, 6.45) is 2.93. The van der Waals surface area contributed by atoms with Crippen molar-refractivity contribution in [2.75, 3.05) is 19.6 Å². The molecule has 1 aliphatic heterocycles. The van der Waals surface area contributed by atoms with Gasteiger partial charge >= 0.3 is 0 Å². The first-order valence-corrected chi connectivity index (χ1v) is 12.0. The molecule has 0 unspecified atom stereocenters. The van der Waals surface area contributed by atoms with Crippen LogP contribution < -0.4 is 5.32 Å². The van der Waals surface area contributed by atoms with Crippen LogP contribution in [-0.2, 0) is 27.0 Å². The van der Waals surface area contributed by atoms with Crippen molar-refractivity contribution < 1.29 is 13.2 Å². The van der Waals surface area contributed by atoms with Crippen molar-refractivity contribution in [3.63, 3.8) is 0 Å². The molecule has 29 heavy (non-hydrogen) atoms. The summed E-state index contributed by atoms with van der Waals surface area (Å²) in [4.78, 5) is 12.4. The molecule has 0 aliphatic carbocycles. The van der Waals surface area contributed by atoms with Gasteiger partial charge in [0.15, 0.2) is 0 Å². The summed E-state index contributed by atoms with van der Waals surface area (Å²) in [6.45, 7) is 1.40. The summed E-state index contributed by atoms with van der Waals surface area (Å²) >= 11 is 5.95. The lowest BCUT2D eigenvalue weighted by Gasteiger charge is -2.30. The average molecular weight is 435 g/mol. The van der Waals surface area contributed by atoms with E-state index in [1.54, 1.807) is 24.3 Å². The van der Waals surface area contributed by atoms with Crippen molar-refractivity contribution in [1.82, 2.24) is 9.62 Å². The van der Waals surface area contributed by atoms with Crippen LogP contribution in [0.4, 0.5) is 0 Å². The normalized spacial score (nSPS) is 15.9. The van der Waals surface area contributed by atoms with Crippen LogP contribution in [0, 0.1) is 5.92 Å². The van der Waals surface area contributed by atoms with E-state index >= 15 is 0 Å². The SMILES string of the molecule is O=C(NCCCc1ccccc1)C1CCN(S(=O)(=O)Cc2cccc(Cl)c2)CC1. The average Bonchev–Trinajstić information content (AvgIpc) is 2.71. The van der Waals surface area contributed by atoms with Gasteiger partial charge in [-0.2, -0.15) is 0 Å². The van der Waals surface area contributed by atoms with E-state index in [4.69, 9.17) is 11.6 Å². The first-order chi connectivity index (χ1) is 13.9. The Morgan fingerprint density at radius 2 is 1.72 bits per heavy atom. The number of benzene rings is 2. The molecule has 0 spiro atoms. The number of sulfonamides is 1. The zero-order valence-electron chi connectivity index (χ0n) is 16.4. The summed E-state index contributed by atoms with van der Waals surface area (Å²) in [6, 6.07) is 17.1. The molecule has 1 aliphatic rings. The molecule has 0 saturated carbocycles. The molecule has 156 valence electrons. The fourth-order valence-electron chi connectivity index (χ4n) is 3.62. The first-order valence-electron chi connectivity index (χ1n) is 9.98. The molecule has 0 radical (unpaired) electrons. The Morgan fingerprint density at radius 3 is 2.41 bits per heavy atom. The third kappa shape index (κ3) is 6.56. The summed E-state index contributed by atoms with van der Waals surface area (Å²) in [5, 5.41) is 3.53. The molecule has 2 aromatic rings. The minimum atomic E-state index is -3.41. The van der Waals surface area contributed by atoms with Gasteiger partial charge in [0.2, 0.25) is 15.9 Å². The van der Waals surface area contributed by atoms with Gasteiger partial charge in [0.25, 0.3) is 0 Å². The molecule has 1 saturated heterocycles. The predicted molar refractivity (Wildman–Crippen MR) is 116 cm³/mol. The summed E-state index contributed by atoms with van der Waals surface area (Å²) in [5.74, 6) is -0.154. The second-order valence-electron chi connectivity index (χ2n) is 7.44. The van der Waals surface area contributed by atoms with E-state index in [1.807, 2.05) is 18.2 Å². The number of hydrogen-bond donors (Lipinski definition) is 1. The lowest BCUT2D eigenvalue weighted by atomic mass is 9.97. The smallest absolute Gasteiger partial charge is 0.223 e. The van der Waals surface area contributed by atoms with Crippen molar-refractivity contribution in [1.29, 1.82) is 0 Å². The zero-order valence-corrected chi connectivity index (χ0v) is 18.0. The van der Waals surface area contributed by atoms with E-state index in [-0.39, 0.29) is 17.6 Å². The number of piperidine rings is 1. The Labute approximate surface area is 178 Å². The van der Waals surface area contributed by atoms with Crippen LogP contribution >= 0.6 is 11.6 Å².